The molecule has 1 heterocycles. The summed E-state index contributed by atoms with van der Waals surface area (Å²) in [5.74, 6) is 1.56. The van der Waals surface area contributed by atoms with Gasteiger partial charge in [0.2, 0.25) is 0 Å². The third kappa shape index (κ3) is 3.75. The lowest BCUT2D eigenvalue weighted by Gasteiger charge is -2.42. The molecule has 0 spiro atoms. The van der Waals surface area contributed by atoms with Crippen molar-refractivity contribution < 1.29 is 4.92 Å². The van der Waals surface area contributed by atoms with Crippen LogP contribution in [0.3, 0.4) is 0 Å². The van der Waals surface area contributed by atoms with E-state index in [1.807, 2.05) is 0 Å². The van der Waals surface area contributed by atoms with E-state index in [2.05, 4.69) is 10.2 Å². The van der Waals surface area contributed by atoms with Crippen molar-refractivity contribution in [1.29, 1.82) is 0 Å². The predicted molar refractivity (Wildman–Crippen MR) is 96.0 cm³/mol. The second-order valence-electron chi connectivity index (χ2n) is 6.39. The SMILES string of the molecule is O=[N+]([O-])c1ccc(Cl)c(NC(=S)N2CC[C@@H]3CCCC[C@@H]3C2)c1. The number of rotatable bonds is 2. The minimum Gasteiger partial charge on any atom is -0.349 e. The van der Waals surface area contributed by atoms with Gasteiger partial charge in [0.25, 0.3) is 5.69 Å². The van der Waals surface area contributed by atoms with Gasteiger partial charge in [-0.05, 0) is 43.0 Å². The van der Waals surface area contributed by atoms with Gasteiger partial charge in [-0.2, -0.15) is 0 Å². The van der Waals surface area contributed by atoms with Gasteiger partial charge in [-0.3, -0.25) is 10.1 Å². The fraction of sp³-hybridized carbons (Fsp3) is 0.562. The van der Waals surface area contributed by atoms with E-state index in [1.165, 1.54) is 50.3 Å². The molecule has 0 bridgehead atoms. The van der Waals surface area contributed by atoms with Crippen LogP contribution in [0, 0.1) is 22.0 Å². The number of non-ortho nitro benzene ring substituents is 1. The third-order valence-electron chi connectivity index (χ3n) is 4.98. The smallest absolute Gasteiger partial charge is 0.271 e. The molecular weight excluding hydrogens is 334 g/mol. The number of likely N-dealkylation sites (tertiary alicyclic amines) is 1. The minimum absolute atomic E-state index is 0.00527. The van der Waals surface area contributed by atoms with Crippen LogP contribution in [0.1, 0.15) is 32.1 Å². The maximum atomic E-state index is 10.9. The van der Waals surface area contributed by atoms with Crippen LogP contribution in [0.15, 0.2) is 18.2 Å². The first-order valence-corrected chi connectivity index (χ1v) is 8.83. The number of nitro benzene ring substituents is 1. The maximum Gasteiger partial charge on any atom is 0.271 e. The molecule has 7 heteroatoms. The summed E-state index contributed by atoms with van der Waals surface area (Å²) in [6, 6.07) is 4.35. The summed E-state index contributed by atoms with van der Waals surface area (Å²) in [5, 5.41) is 15.0. The quantitative estimate of drug-likeness (QED) is 0.483. The van der Waals surface area contributed by atoms with Crippen LogP contribution in [0.4, 0.5) is 11.4 Å². The van der Waals surface area contributed by atoms with Crippen LogP contribution in [-0.4, -0.2) is 28.0 Å². The Morgan fingerprint density at radius 3 is 2.78 bits per heavy atom. The first kappa shape index (κ1) is 16.5. The van der Waals surface area contributed by atoms with Crippen molar-refractivity contribution in [3.63, 3.8) is 0 Å². The Balaban J connectivity index is 1.67. The number of fused-ring (bicyclic) bond motifs is 1. The second kappa shape index (κ2) is 7.01. The molecule has 1 aromatic carbocycles. The van der Waals surface area contributed by atoms with Crippen LogP contribution < -0.4 is 5.32 Å². The zero-order valence-corrected chi connectivity index (χ0v) is 14.4. The lowest BCUT2D eigenvalue weighted by atomic mass is 9.75. The van der Waals surface area contributed by atoms with Crippen molar-refractivity contribution in [1.82, 2.24) is 4.90 Å². The number of nitrogens with one attached hydrogen (secondary N) is 1. The van der Waals surface area contributed by atoms with Gasteiger partial charge in [0.15, 0.2) is 5.11 Å². The van der Waals surface area contributed by atoms with Crippen molar-refractivity contribution in [2.75, 3.05) is 18.4 Å². The Morgan fingerprint density at radius 2 is 2.04 bits per heavy atom. The van der Waals surface area contributed by atoms with Gasteiger partial charge in [0.1, 0.15) is 0 Å². The summed E-state index contributed by atoms with van der Waals surface area (Å²) in [7, 11) is 0. The highest BCUT2D eigenvalue weighted by Gasteiger charge is 2.32. The van der Waals surface area contributed by atoms with Gasteiger partial charge in [-0.25, -0.2) is 0 Å². The lowest BCUT2D eigenvalue weighted by molar-refractivity contribution is -0.384. The number of nitrogens with zero attached hydrogens (tertiary/aromatic N) is 2. The number of piperidine rings is 1. The normalized spacial score (nSPS) is 24.0. The highest BCUT2D eigenvalue weighted by Crippen LogP contribution is 2.36. The topological polar surface area (TPSA) is 58.4 Å². The van der Waals surface area contributed by atoms with Gasteiger partial charge in [0.05, 0.1) is 15.6 Å². The molecular formula is C16H20ClN3O2S. The summed E-state index contributed by atoms with van der Waals surface area (Å²) in [4.78, 5) is 12.6. The summed E-state index contributed by atoms with van der Waals surface area (Å²) in [5.41, 5.74) is 0.502. The highest BCUT2D eigenvalue weighted by molar-refractivity contribution is 7.80. The van der Waals surface area contributed by atoms with Gasteiger partial charge in [-0.15, -0.1) is 0 Å². The molecule has 0 amide bonds. The average Bonchev–Trinajstić information content (AvgIpc) is 2.56. The van der Waals surface area contributed by atoms with Crippen LogP contribution in [0.25, 0.3) is 0 Å². The lowest BCUT2D eigenvalue weighted by Crippen LogP contribution is -2.46. The summed E-state index contributed by atoms with van der Waals surface area (Å²) in [6.07, 6.45) is 6.46. The molecule has 2 aliphatic rings. The monoisotopic (exact) mass is 353 g/mol. The molecule has 1 N–H and O–H groups in total. The Bertz CT molecular complexity index is 625. The van der Waals surface area contributed by atoms with Crippen LogP contribution in [0.2, 0.25) is 5.02 Å². The number of benzene rings is 1. The minimum atomic E-state index is -0.432. The molecule has 1 aliphatic carbocycles. The van der Waals surface area contributed by atoms with Crippen molar-refractivity contribution >= 4 is 40.3 Å². The average molecular weight is 354 g/mol. The van der Waals surface area contributed by atoms with Crippen LogP contribution in [0.5, 0.6) is 0 Å². The zero-order chi connectivity index (χ0) is 16.4. The number of halogens is 1. The molecule has 1 aromatic rings. The van der Waals surface area contributed by atoms with Crippen LogP contribution >= 0.6 is 23.8 Å². The second-order valence-corrected chi connectivity index (χ2v) is 7.18. The Kier molecular flexibility index (Phi) is 5.02. The van der Waals surface area contributed by atoms with Gasteiger partial charge < -0.3 is 10.2 Å². The zero-order valence-electron chi connectivity index (χ0n) is 12.8. The molecule has 5 nitrogen and oxygen atoms in total. The van der Waals surface area contributed by atoms with E-state index in [1.54, 1.807) is 0 Å². The molecule has 0 aromatic heterocycles. The molecule has 23 heavy (non-hydrogen) atoms. The summed E-state index contributed by atoms with van der Waals surface area (Å²) in [6.45, 7) is 1.92. The van der Waals surface area contributed by atoms with E-state index in [0.717, 1.165) is 24.9 Å². The van der Waals surface area contributed by atoms with Crippen molar-refractivity contribution in [2.24, 2.45) is 11.8 Å². The molecule has 124 valence electrons. The number of hydrogen-bond donors (Lipinski definition) is 1. The molecule has 1 saturated carbocycles. The predicted octanol–water partition coefficient (Wildman–Crippen LogP) is 4.46. The molecule has 1 saturated heterocycles. The van der Waals surface area contributed by atoms with E-state index in [9.17, 15) is 10.1 Å². The molecule has 1 aliphatic heterocycles. The fourth-order valence-corrected chi connectivity index (χ4v) is 4.14. The van der Waals surface area contributed by atoms with E-state index < -0.39 is 4.92 Å². The van der Waals surface area contributed by atoms with Crippen molar-refractivity contribution in [2.45, 2.75) is 32.1 Å². The van der Waals surface area contributed by atoms with Crippen molar-refractivity contribution in [3.05, 3.63) is 33.3 Å². The van der Waals surface area contributed by atoms with E-state index >= 15 is 0 Å². The molecule has 0 radical (unpaired) electrons. The standard InChI is InChI=1S/C16H20ClN3O2S/c17-14-6-5-13(20(21)22)9-15(14)18-16(23)19-8-7-11-3-1-2-4-12(11)10-19/h5-6,9,11-12H,1-4,7-8,10H2,(H,18,23)/t11-,12+/m0/s1. The Labute approximate surface area is 146 Å². The number of thiocarbonyl (C=S) groups is 1. The van der Waals surface area contributed by atoms with Gasteiger partial charge in [0, 0.05) is 25.2 Å². The maximum absolute atomic E-state index is 10.9. The first-order valence-electron chi connectivity index (χ1n) is 8.04. The number of nitro groups is 1. The van der Waals surface area contributed by atoms with E-state index in [4.69, 9.17) is 23.8 Å². The van der Waals surface area contributed by atoms with Crippen LogP contribution in [-0.2, 0) is 0 Å². The molecule has 0 unspecified atom stereocenters. The number of hydrogen-bond acceptors (Lipinski definition) is 3. The fourth-order valence-electron chi connectivity index (χ4n) is 3.70. The Hall–Kier alpha value is -1.40. The molecule has 2 atom stereocenters. The largest absolute Gasteiger partial charge is 0.349 e. The van der Waals surface area contributed by atoms with Gasteiger partial charge >= 0.3 is 0 Å². The summed E-state index contributed by atoms with van der Waals surface area (Å²) >= 11 is 11.6. The molecule has 2 fully saturated rings. The van der Waals surface area contributed by atoms with Crippen molar-refractivity contribution in [3.8, 4) is 0 Å². The van der Waals surface area contributed by atoms with E-state index in [-0.39, 0.29) is 5.69 Å². The van der Waals surface area contributed by atoms with Gasteiger partial charge in [-0.1, -0.05) is 30.9 Å². The third-order valence-corrected chi connectivity index (χ3v) is 5.67. The summed E-state index contributed by atoms with van der Waals surface area (Å²) < 4.78 is 0. The molecule has 3 rings (SSSR count). The Morgan fingerprint density at radius 1 is 1.30 bits per heavy atom. The van der Waals surface area contributed by atoms with E-state index in [0.29, 0.717) is 15.8 Å². The first-order chi connectivity index (χ1) is 11.0. The highest BCUT2D eigenvalue weighted by atomic mass is 35.5. The number of anilines is 1.